The average molecular weight is 397 g/mol. The van der Waals surface area contributed by atoms with Gasteiger partial charge in [0.1, 0.15) is 6.54 Å². The van der Waals surface area contributed by atoms with Crippen LogP contribution in [0.15, 0.2) is 23.1 Å². The first-order chi connectivity index (χ1) is 12.7. The van der Waals surface area contributed by atoms with E-state index in [0.717, 1.165) is 24.8 Å². The van der Waals surface area contributed by atoms with Gasteiger partial charge in [0.05, 0.1) is 4.90 Å². The molecule has 0 spiro atoms. The van der Waals surface area contributed by atoms with E-state index in [-0.39, 0.29) is 16.8 Å². The number of nitrogens with one attached hydrogen (secondary N) is 2. The molecule has 1 aliphatic rings. The fraction of sp³-hybridized carbons (Fsp3) is 0.579. The first-order valence-electron chi connectivity index (χ1n) is 9.21. The van der Waals surface area contributed by atoms with E-state index in [1.807, 2.05) is 6.07 Å². The van der Waals surface area contributed by atoms with Crippen LogP contribution in [0.3, 0.4) is 0 Å². The normalized spacial score (nSPS) is 20.1. The van der Waals surface area contributed by atoms with Gasteiger partial charge in [-0.15, -0.1) is 0 Å². The van der Waals surface area contributed by atoms with E-state index in [0.29, 0.717) is 11.5 Å². The number of rotatable bonds is 7. The van der Waals surface area contributed by atoms with Crippen molar-refractivity contribution in [1.82, 2.24) is 10.0 Å². The van der Waals surface area contributed by atoms with Gasteiger partial charge in [0.15, 0.2) is 6.61 Å². The quantitative estimate of drug-likeness (QED) is 0.685. The zero-order valence-electron chi connectivity index (χ0n) is 16.1. The molecule has 0 radical (unpaired) electrons. The summed E-state index contributed by atoms with van der Waals surface area (Å²) in [7, 11) is -3.83. The van der Waals surface area contributed by atoms with Crippen molar-refractivity contribution >= 4 is 21.9 Å². The number of carbonyl (C=O) groups is 2. The second-order valence-corrected chi connectivity index (χ2v) is 8.93. The van der Waals surface area contributed by atoms with E-state index in [2.05, 4.69) is 17.0 Å². The molecule has 1 aromatic carbocycles. The van der Waals surface area contributed by atoms with Crippen molar-refractivity contribution in [3.8, 4) is 0 Å². The Morgan fingerprint density at radius 2 is 1.89 bits per heavy atom. The molecule has 0 unspecified atom stereocenters. The molecule has 0 saturated heterocycles. The molecule has 1 fully saturated rings. The third-order valence-electron chi connectivity index (χ3n) is 4.86. The van der Waals surface area contributed by atoms with Crippen molar-refractivity contribution in [2.24, 2.45) is 5.92 Å². The van der Waals surface area contributed by atoms with Crippen molar-refractivity contribution in [2.75, 3.05) is 13.2 Å². The Morgan fingerprint density at radius 3 is 2.59 bits per heavy atom. The fourth-order valence-electron chi connectivity index (χ4n) is 3.20. The molecule has 150 valence electrons. The number of aryl methyl sites for hydroxylation is 2. The summed E-state index contributed by atoms with van der Waals surface area (Å²) in [6.45, 7) is 4.63. The monoisotopic (exact) mass is 396 g/mol. The van der Waals surface area contributed by atoms with Crippen LogP contribution in [-0.4, -0.2) is 39.5 Å². The maximum absolute atomic E-state index is 12.3. The molecule has 1 aromatic rings. The predicted octanol–water partition coefficient (Wildman–Crippen LogP) is 1.82. The van der Waals surface area contributed by atoms with Crippen molar-refractivity contribution in [3.05, 3.63) is 29.3 Å². The van der Waals surface area contributed by atoms with Crippen LogP contribution < -0.4 is 10.0 Å². The minimum atomic E-state index is -3.83. The van der Waals surface area contributed by atoms with Crippen LogP contribution in [0.2, 0.25) is 0 Å². The van der Waals surface area contributed by atoms with E-state index in [1.165, 1.54) is 6.42 Å². The lowest BCUT2D eigenvalue weighted by molar-refractivity contribution is -0.147. The zero-order chi connectivity index (χ0) is 20.0. The Kier molecular flexibility index (Phi) is 7.38. The predicted molar refractivity (Wildman–Crippen MR) is 102 cm³/mol. The van der Waals surface area contributed by atoms with Crippen LogP contribution in [0.5, 0.6) is 0 Å². The highest BCUT2D eigenvalue weighted by molar-refractivity contribution is 7.89. The summed E-state index contributed by atoms with van der Waals surface area (Å²) < 4.78 is 31.8. The van der Waals surface area contributed by atoms with Crippen LogP contribution in [0.1, 0.15) is 43.7 Å². The van der Waals surface area contributed by atoms with Gasteiger partial charge in [0, 0.05) is 6.04 Å². The van der Waals surface area contributed by atoms with Gasteiger partial charge in [-0.1, -0.05) is 31.9 Å². The minimum Gasteiger partial charge on any atom is -0.455 e. The topological polar surface area (TPSA) is 102 Å². The van der Waals surface area contributed by atoms with Gasteiger partial charge in [-0.05, 0) is 49.8 Å². The molecule has 1 saturated carbocycles. The molecule has 27 heavy (non-hydrogen) atoms. The van der Waals surface area contributed by atoms with E-state index in [9.17, 15) is 18.0 Å². The summed E-state index contributed by atoms with van der Waals surface area (Å²) in [6, 6.07) is 5.17. The van der Waals surface area contributed by atoms with Crippen molar-refractivity contribution < 1.29 is 22.7 Å². The molecule has 0 aliphatic heterocycles. The third kappa shape index (κ3) is 6.32. The molecule has 1 amide bonds. The highest BCUT2D eigenvalue weighted by atomic mass is 32.2. The van der Waals surface area contributed by atoms with Crippen LogP contribution in [-0.2, 0) is 24.3 Å². The number of esters is 1. The molecule has 7 nitrogen and oxygen atoms in total. The molecule has 2 N–H and O–H groups in total. The number of amides is 1. The molecule has 0 aromatic heterocycles. The molecule has 0 heterocycles. The molecule has 1 aliphatic carbocycles. The number of sulfonamides is 1. The van der Waals surface area contributed by atoms with Crippen molar-refractivity contribution in [3.63, 3.8) is 0 Å². The number of hydrogen-bond acceptors (Lipinski definition) is 5. The SMILES string of the molecule is Cc1ccc(C)c(S(=O)(=O)NCC(=O)OCC(=O)N[C@H]2CCCC[C@H]2C)c1. The Bertz CT molecular complexity index is 791. The Morgan fingerprint density at radius 1 is 1.19 bits per heavy atom. The van der Waals surface area contributed by atoms with Gasteiger partial charge in [-0.25, -0.2) is 8.42 Å². The van der Waals surface area contributed by atoms with E-state index in [1.54, 1.807) is 26.0 Å². The summed E-state index contributed by atoms with van der Waals surface area (Å²) >= 11 is 0. The average Bonchev–Trinajstić information content (AvgIpc) is 2.62. The van der Waals surface area contributed by atoms with E-state index in [4.69, 9.17) is 4.74 Å². The van der Waals surface area contributed by atoms with Crippen LogP contribution in [0, 0.1) is 19.8 Å². The lowest BCUT2D eigenvalue weighted by atomic mass is 9.86. The summed E-state index contributed by atoms with van der Waals surface area (Å²) in [4.78, 5) is 23.9. The number of ether oxygens (including phenoxy) is 1. The van der Waals surface area contributed by atoms with Gasteiger partial charge in [0.25, 0.3) is 5.91 Å². The van der Waals surface area contributed by atoms with Crippen molar-refractivity contribution in [2.45, 2.75) is 57.4 Å². The Hall–Kier alpha value is -1.93. The van der Waals surface area contributed by atoms with E-state index >= 15 is 0 Å². The van der Waals surface area contributed by atoms with Gasteiger partial charge >= 0.3 is 5.97 Å². The second kappa shape index (κ2) is 9.32. The highest BCUT2D eigenvalue weighted by Gasteiger charge is 2.23. The van der Waals surface area contributed by atoms with Crippen LogP contribution in [0.4, 0.5) is 0 Å². The van der Waals surface area contributed by atoms with Gasteiger partial charge in [-0.2, -0.15) is 4.72 Å². The first kappa shape index (κ1) is 21.4. The Balaban J connectivity index is 1.80. The standard InChI is InChI=1S/C19H28N2O5S/c1-13-8-9-15(3)17(10-13)27(24,25)20-11-19(23)26-12-18(22)21-16-7-5-4-6-14(16)2/h8-10,14,16,20H,4-7,11-12H2,1-3H3,(H,21,22)/t14-,16+/m1/s1. The van der Waals surface area contributed by atoms with Gasteiger partial charge in [-0.3, -0.25) is 9.59 Å². The third-order valence-corrected chi connectivity index (χ3v) is 6.41. The first-order valence-corrected chi connectivity index (χ1v) is 10.7. The number of hydrogen-bond donors (Lipinski definition) is 2. The lowest BCUT2D eigenvalue weighted by Crippen LogP contribution is -2.43. The number of benzene rings is 1. The molecule has 2 atom stereocenters. The largest absolute Gasteiger partial charge is 0.455 e. The van der Waals surface area contributed by atoms with Crippen molar-refractivity contribution in [1.29, 1.82) is 0 Å². The maximum Gasteiger partial charge on any atom is 0.321 e. The molecule has 0 bridgehead atoms. The zero-order valence-corrected chi connectivity index (χ0v) is 16.9. The lowest BCUT2D eigenvalue weighted by Gasteiger charge is -2.29. The fourth-order valence-corrected chi connectivity index (χ4v) is 4.50. The second-order valence-electron chi connectivity index (χ2n) is 7.19. The minimum absolute atomic E-state index is 0.104. The number of carbonyl (C=O) groups excluding carboxylic acids is 2. The van der Waals surface area contributed by atoms with Gasteiger partial charge < -0.3 is 10.1 Å². The molecular formula is C19H28N2O5S. The Labute approximate surface area is 160 Å². The molecular weight excluding hydrogens is 368 g/mol. The summed E-state index contributed by atoms with van der Waals surface area (Å²) in [5.74, 6) is -0.752. The smallest absolute Gasteiger partial charge is 0.321 e. The van der Waals surface area contributed by atoms with Crippen LogP contribution in [0.25, 0.3) is 0 Å². The summed E-state index contributed by atoms with van der Waals surface area (Å²) in [6.07, 6.45) is 4.25. The summed E-state index contributed by atoms with van der Waals surface area (Å²) in [5.41, 5.74) is 1.39. The van der Waals surface area contributed by atoms with E-state index < -0.39 is 29.1 Å². The van der Waals surface area contributed by atoms with Crippen LogP contribution >= 0.6 is 0 Å². The molecule has 2 rings (SSSR count). The summed E-state index contributed by atoms with van der Waals surface area (Å²) in [5, 5.41) is 2.88. The highest BCUT2D eigenvalue weighted by Crippen LogP contribution is 2.23. The molecule has 8 heteroatoms. The maximum atomic E-state index is 12.3. The van der Waals surface area contributed by atoms with Gasteiger partial charge in [0.2, 0.25) is 10.0 Å².